The summed E-state index contributed by atoms with van der Waals surface area (Å²) in [6.07, 6.45) is 1.80. The van der Waals surface area contributed by atoms with Crippen LogP contribution in [0.5, 0.6) is 0 Å². The molecular weight excluding hydrogens is 486 g/mol. The first-order chi connectivity index (χ1) is 13.7. The lowest BCUT2D eigenvalue weighted by Gasteiger charge is -2.36. The maximum absolute atomic E-state index is 13.4. The Balaban J connectivity index is 0.00000300. The molecule has 2 saturated heterocycles. The molecule has 0 saturated carbocycles. The monoisotopic (exact) mass is 520 g/mol. The molecule has 2 fully saturated rings. The van der Waals surface area contributed by atoms with Gasteiger partial charge < -0.3 is 20.1 Å². The van der Waals surface area contributed by atoms with Crippen LogP contribution in [-0.4, -0.2) is 76.6 Å². The zero-order chi connectivity index (χ0) is 19.7. The summed E-state index contributed by atoms with van der Waals surface area (Å²) in [6, 6.07) is 6.88. The van der Waals surface area contributed by atoms with Crippen LogP contribution in [0.3, 0.4) is 0 Å². The standard InChI is InChI=1S/C21H33FN4O2.HI/c1-2-23-20(24-9-10-26-11-15-28-16-12-26)25-17-21(7-13-27-14-8-21)18-3-5-19(22)6-4-18;/h3-6H,2,7-17H2,1H3,(H2,23,24,25);1H. The van der Waals surface area contributed by atoms with E-state index in [0.29, 0.717) is 19.8 Å². The molecular formula is C21H34FIN4O2. The molecule has 29 heavy (non-hydrogen) atoms. The second-order valence-corrected chi connectivity index (χ2v) is 7.48. The van der Waals surface area contributed by atoms with Crippen molar-refractivity contribution >= 4 is 29.9 Å². The van der Waals surface area contributed by atoms with Gasteiger partial charge in [0, 0.05) is 51.4 Å². The summed E-state index contributed by atoms with van der Waals surface area (Å²) in [5.74, 6) is 0.635. The van der Waals surface area contributed by atoms with Crippen molar-refractivity contribution in [2.45, 2.75) is 25.2 Å². The van der Waals surface area contributed by atoms with Gasteiger partial charge in [-0.3, -0.25) is 9.89 Å². The Hall–Kier alpha value is -0.970. The van der Waals surface area contributed by atoms with Crippen LogP contribution in [0, 0.1) is 5.82 Å². The lowest BCUT2D eigenvalue weighted by atomic mass is 9.74. The van der Waals surface area contributed by atoms with E-state index in [1.165, 1.54) is 0 Å². The molecule has 1 aromatic carbocycles. The number of benzene rings is 1. The van der Waals surface area contributed by atoms with Crippen LogP contribution in [0.4, 0.5) is 4.39 Å². The van der Waals surface area contributed by atoms with E-state index >= 15 is 0 Å². The quantitative estimate of drug-likeness (QED) is 0.329. The van der Waals surface area contributed by atoms with E-state index in [1.807, 2.05) is 12.1 Å². The highest BCUT2D eigenvalue weighted by molar-refractivity contribution is 14.0. The highest BCUT2D eigenvalue weighted by Crippen LogP contribution is 2.35. The van der Waals surface area contributed by atoms with Crippen molar-refractivity contribution < 1.29 is 13.9 Å². The van der Waals surface area contributed by atoms with Crippen LogP contribution in [0.1, 0.15) is 25.3 Å². The third-order valence-corrected chi connectivity index (χ3v) is 5.61. The van der Waals surface area contributed by atoms with E-state index in [4.69, 9.17) is 14.5 Å². The number of hydrogen-bond acceptors (Lipinski definition) is 4. The first-order valence-electron chi connectivity index (χ1n) is 10.4. The van der Waals surface area contributed by atoms with Crippen LogP contribution in [-0.2, 0) is 14.9 Å². The number of morpholine rings is 1. The fourth-order valence-corrected chi connectivity index (χ4v) is 3.83. The van der Waals surface area contributed by atoms with Crippen LogP contribution in [0.15, 0.2) is 29.3 Å². The Bertz CT molecular complexity index is 618. The molecule has 2 N–H and O–H groups in total. The first kappa shape index (κ1) is 24.3. The molecule has 2 aliphatic heterocycles. The van der Waals surface area contributed by atoms with Crippen LogP contribution >= 0.6 is 24.0 Å². The summed E-state index contributed by atoms with van der Waals surface area (Å²) < 4.78 is 24.4. The van der Waals surface area contributed by atoms with Crippen LogP contribution < -0.4 is 10.6 Å². The van der Waals surface area contributed by atoms with Gasteiger partial charge in [-0.15, -0.1) is 24.0 Å². The number of halogens is 2. The smallest absolute Gasteiger partial charge is 0.191 e. The molecule has 0 atom stereocenters. The SMILES string of the molecule is CCNC(=NCC1(c2ccc(F)cc2)CCOCC1)NCCN1CCOCC1.I. The first-order valence-corrected chi connectivity index (χ1v) is 10.4. The highest BCUT2D eigenvalue weighted by atomic mass is 127. The van der Waals surface area contributed by atoms with Crippen molar-refractivity contribution in [2.24, 2.45) is 4.99 Å². The molecule has 164 valence electrons. The van der Waals surface area contributed by atoms with Crippen molar-refractivity contribution in [3.8, 4) is 0 Å². The summed E-state index contributed by atoms with van der Waals surface area (Å²) in [4.78, 5) is 7.29. The van der Waals surface area contributed by atoms with E-state index in [0.717, 1.165) is 70.3 Å². The fraction of sp³-hybridized carbons (Fsp3) is 0.667. The summed E-state index contributed by atoms with van der Waals surface area (Å²) in [6.45, 7) is 10.4. The van der Waals surface area contributed by atoms with Gasteiger partial charge in [0.2, 0.25) is 0 Å². The number of aliphatic imine (C=N–C) groups is 1. The molecule has 0 amide bonds. The van der Waals surface area contributed by atoms with E-state index in [1.54, 1.807) is 12.1 Å². The predicted molar refractivity (Wildman–Crippen MR) is 125 cm³/mol. The van der Waals surface area contributed by atoms with Gasteiger partial charge in [0.25, 0.3) is 0 Å². The van der Waals surface area contributed by atoms with Crippen LogP contribution in [0.25, 0.3) is 0 Å². The van der Waals surface area contributed by atoms with Gasteiger partial charge in [0.1, 0.15) is 5.82 Å². The van der Waals surface area contributed by atoms with Gasteiger partial charge in [0.15, 0.2) is 5.96 Å². The minimum absolute atomic E-state index is 0. The van der Waals surface area contributed by atoms with Crippen molar-refractivity contribution in [3.63, 3.8) is 0 Å². The molecule has 6 nitrogen and oxygen atoms in total. The second-order valence-electron chi connectivity index (χ2n) is 7.48. The van der Waals surface area contributed by atoms with Crippen molar-refractivity contribution in [2.75, 3.05) is 65.7 Å². The fourth-order valence-electron chi connectivity index (χ4n) is 3.83. The average Bonchev–Trinajstić information content (AvgIpc) is 2.74. The normalized spacial score (nSPS) is 20.0. The van der Waals surface area contributed by atoms with E-state index < -0.39 is 0 Å². The number of nitrogens with one attached hydrogen (secondary N) is 2. The Morgan fingerprint density at radius 2 is 1.72 bits per heavy atom. The van der Waals surface area contributed by atoms with Gasteiger partial charge >= 0.3 is 0 Å². The number of hydrogen-bond donors (Lipinski definition) is 2. The molecule has 1 aromatic rings. The Morgan fingerprint density at radius 3 is 2.38 bits per heavy atom. The Morgan fingerprint density at radius 1 is 1.07 bits per heavy atom. The zero-order valence-corrected chi connectivity index (χ0v) is 19.6. The third-order valence-electron chi connectivity index (χ3n) is 5.61. The molecule has 0 unspecified atom stereocenters. The Labute approximate surface area is 190 Å². The maximum atomic E-state index is 13.4. The molecule has 0 bridgehead atoms. The molecule has 8 heteroatoms. The van der Waals surface area contributed by atoms with Crippen molar-refractivity contribution in [1.29, 1.82) is 0 Å². The van der Waals surface area contributed by atoms with E-state index in [9.17, 15) is 4.39 Å². The summed E-state index contributed by atoms with van der Waals surface area (Å²) >= 11 is 0. The number of ether oxygens (including phenoxy) is 2. The average molecular weight is 520 g/mol. The number of rotatable bonds is 7. The minimum Gasteiger partial charge on any atom is -0.381 e. The van der Waals surface area contributed by atoms with Gasteiger partial charge in [-0.2, -0.15) is 0 Å². The maximum Gasteiger partial charge on any atom is 0.191 e. The molecule has 2 heterocycles. The van der Waals surface area contributed by atoms with E-state index in [-0.39, 0.29) is 35.2 Å². The Kier molecular flexibility index (Phi) is 10.6. The van der Waals surface area contributed by atoms with Gasteiger partial charge in [-0.1, -0.05) is 12.1 Å². The summed E-state index contributed by atoms with van der Waals surface area (Å²) in [5.41, 5.74) is 1.04. The highest BCUT2D eigenvalue weighted by Gasteiger charge is 2.34. The lowest BCUT2D eigenvalue weighted by molar-refractivity contribution is 0.0389. The summed E-state index contributed by atoms with van der Waals surface area (Å²) in [7, 11) is 0. The largest absolute Gasteiger partial charge is 0.381 e. The number of guanidine groups is 1. The molecule has 3 rings (SSSR count). The van der Waals surface area contributed by atoms with Crippen LogP contribution in [0.2, 0.25) is 0 Å². The van der Waals surface area contributed by atoms with Gasteiger partial charge in [-0.25, -0.2) is 4.39 Å². The third kappa shape index (κ3) is 7.34. The van der Waals surface area contributed by atoms with Gasteiger partial charge in [0.05, 0.1) is 19.8 Å². The predicted octanol–water partition coefficient (Wildman–Crippen LogP) is 2.38. The second kappa shape index (κ2) is 12.7. The van der Waals surface area contributed by atoms with Crippen molar-refractivity contribution in [3.05, 3.63) is 35.6 Å². The number of nitrogens with zero attached hydrogens (tertiary/aromatic N) is 2. The molecule has 0 spiro atoms. The molecule has 0 aromatic heterocycles. The zero-order valence-electron chi connectivity index (χ0n) is 17.3. The van der Waals surface area contributed by atoms with Crippen molar-refractivity contribution in [1.82, 2.24) is 15.5 Å². The molecule has 0 aliphatic carbocycles. The van der Waals surface area contributed by atoms with Gasteiger partial charge in [-0.05, 0) is 37.5 Å². The molecule has 2 aliphatic rings. The minimum atomic E-state index is -0.201. The molecule has 0 radical (unpaired) electrons. The lowest BCUT2D eigenvalue weighted by Crippen LogP contribution is -2.45. The van der Waals surface area contributed by atoms with E-state index in [2.05, 4.69) is 22.5 Å². The topological polar surface area (TPSA) is 58.1 Å². The summed E-state index contributed by atoms with van der Waals surface area (Å²) in [5, 5.41) is 6.79.